The lowest BCUT2D eigenvalue weighted by molar-refractivity contribution is -0.153. The Balaban J connectivity index is 1.25. The number of nitrogens with zero attached hydrogens (tertiary/aromatic N) is 2. The zero-order valence-electron chi connectivity index (χ0n) is 16.8. The Hall–Kier alpha value is -2.12. The summed E-state index contributed by atoms with van der Waals surface area (Å²) in [4.78, 5) is 29.4. The molecule has 1 unspecified atom stereocenters. The predicted octanol–water partition coefficient (Wildman–Crippen LogP) is 1.58. The van der Waals surface area contributed by atoms with Crippen LogP contribution in [0.25, 0.3) is 0 Å². The summed E-state index contributed by atoms with van der Waals surface area (Å²) in [6.07, 6.45) is 3.20. The van der Waals surface area contributed by atoms with Crippen LogP contribution in [-0.2, 0) is 25.5 Å². The van der Waals surface area contributed by atoms with Gasteiger partial charge in [-0.15, -0.1) is 0 Å². The zero-order chi connectivity index (χ0) is 20.3. The lowest BCUT2D eigenvalue weighted by Gasteiger charge is -2.36. The average molecular weight is 402 g/mol. The van der Waals surface area contributed by atoms with Crippen molar-refractivity contribution in [1.29, 1.82) is 0 Å². The molecular formula is C22H30N2O5. The second-order valence-corrected chi connectivity index (χ2v) is 8.47. The van der Waals surface area contributed by atoms with Crippen molar-refractivity contribution in [2.45, 2.75) is 38.2 Å². The van der Waals surface area contributed by atoms with Crippen LogP contribution in [0.5, 0.6) is 5.75 Å². The largest absolute Gasteiger partial charge is 0.508 e. The summed E-state index contributed by atoms with van der Waals surface area (Å²) in [6.45, 7) is 5.29. The first-order valence-corrected chi connectivity index (χ1v) is 10.6. The molecule has 1 amide bonds. The smallest absolute Gasteiger partial charge is 0.312 e. The van der Waals surface area contributed by atoms with E-state index in [1.807, 2.05) is 17.0 Å². The highest BCUT2D eigenvalue weighted by Gasteiger charge is 2.51. The molecule has 1 N–H and O–H groups in total. The molecule has 0 aromatic heterocycles. The molecule has 0 saturated carbocycles. The van der Waals surface area contributed by atoms with E-state index in [2.05, 4.69) is 4.90 Å². The highest BCUT2D eigenvalue weighted by Crippen LogP contribution is 2.43. The minimum absolute atomic E-state index is 0.0441. The Bertz CT molecular complexity index is 721. The number of cyclic esters (lactones) is 1. The van der Waals surface area contributed by atoms with Gasteiger partial charge in [-0.2, -0.15) is 0 Å². The number of phenols is 1. The third kappa shape index (κ3) is 4.73. The molecule has 7 heteroatoms. The van der Waals surface area contributed by atoms with Crippen LogP contribution in [0.3, 0.4) is 0 Å². The molecule has 3 aliphatic heterocycles. The zero-order valence-corrected chi connectivity index (χ0v) is 16.8. The van der Waals surface area contributed by atoms with Gasteiger partial charge in [0.1, 0.15) is 11.9 Å². The van der Waals surface area contributed by atoms with Crippen molar-refractivity contribution < 1.29 is 24.2 Å². The van der Waals surface area contributed by atoms with Crippen molar-refractivity contribution in [3.63, 3.8) is 0 Å². The number of carbonyl (C=O) groups is 2. The highest BCUT2D eigenvalue weighted by molar-refractivity contribution is 5.81. The third-order valence-corrected chi connectivity index (χ3v) is 6.53. The van der Waals surface area contributed by atoms with Crippen LogP contribution >= 0.6 is 0 Å². The van der Waals surface area contributed by atoms with Crippen molar-refractivity contribution in [3.8, 4) is 5.75 Å². The maximum atomic E-state index is 12.6. The Kier molecular flexibility index (Phi) is 6.06. The number of likely N-dealkylation sites (tertiary alicyclic amines) is 1. The Morgan fingerprint density at radius 2 is 1.79 bits per heavy atom. The summed E-state index contributed by atoms with van der Waals surface area (Å²) in [5.41, 5.74) is 0.625. The van der Waals surface area contributed by atoms with Gasteiger partial charge in [-0.25, -0.2) is 0 Å². The fraction of sp³-hybridized carbons (Fsp3) is 0.636. The van der Waals surface area contributed by atoms with Crippen molar-refractivity contribution in [3.05, 3.63) is 29.8 Å². The second kappa shape index (κ2) is 8.71. The summed E-state index contributed by atoms with van der Waals surface area (Å²) in [6, 6.07) is 6.97. The molecule has 1 aromatic rings. The number of piperidine rings is 1. The summed E-state index contributed by atoms with van der Waals surface area (Å²) < 4.78 is 11.1. The van der Waals surface area contributed by atoms with Crippen LogP contribution in [0, 0.1) is 5.41 Å². The minimum Gasteiger partial charge on any atom is -0.508 e. The molecule has 0 aliphatic carbocycles. The number of ether oxygens (including phenoxy) is 2. The maximum absolute atomic E-state index is 12.6. The van der Waals surface area contributed by atoms with Gasteiger partial charge in [0.2, 0.25) is 5.91 Å². The van der Waals surface area contributed by atoms with Crippen molar-refractivity contribution in [2.24, 2.45) is 5.41 Å². The van der Waals surface area contributed by atoms with Gasteiger partial charge in [0.15, 0.2) is 0 Å². The van der Waals surface area contributed by atoms with Crippen LogP contribution in [-0.4, -0.2) is 78.8 Å². The molecule has 7 nitrogen and oxygen atoms in total. The molecule has 3 fully saturated rings. The van der Waals surface area contributed by atoms with Crippen molar-refractivity contribution >= 4 is 11.9 Å². The molecule has 1 spiro atoms. The number of aromatic hydroxyl groups is 1. The summed E-state index contributed by atoms with van der Waals surface area (Å²) in [5.74, 6) is 0.285. The minimum atomic E-state index is -0.412. The van der Waals surface area contributed by atoms with Gasteiger partial charge in [0, 0.05) is 45.6 Å². The molecule has 3 heterocycles. The summed E-state index contributed by atoms with van der Waals surface area (Å²) in [5, 5.41) is 9.35. The van der Waals surface area contributed by atoms with E-state index in [4.69, 9.17) is 9.47 Å². The number of hydrogen-bond acceptors (Lipinski definition) is 6. The van der Waals surface area contributed by atoms with E-state index in [1.54, 1.807) is 12.1 Å². The second-order valence-electron chi connectivity index (χ2n) is 8.47. The molecule has 3 aliphatic rings. The molecule has 0 bridgehead atoms. The van der Waals surface area contributed by atoms with Crippen LogP contribution in [0.4, 0.5) is 0 Å². The first-order chi connectivity index (χ1) is 14.0. The van der Waals surface area contributed by atoms with Gasteiger partial charge < -0.3 is 19.5 Å². The van der Waals surface area contributed by atoms with Gasteiger partial charge in [0.05, 0.1) is 18.6 Å². The first-order valence-electron chi connectivity index (χ1n) is 10.6. The molecule has 3 saturated heterocycles. The van der Waals surface area contributed by atoms with Crippen molar-refractivity contribution in [1.82, 2.24) is 9.80 Å². The average Bonchev–Trinajstić information content (AvgIpc) is 3.03. The normalized spacial score (nSPS) is 24.6. The van der Waals surface area contributed by atoms with E-state index in [0.717, 1.165) is 44.8 Å². The molecule has 29 heavy (non-hydrogen) atoms. The number of carbonyl (C=O) groups excluding carboxylic acids is 2. The number of rotatable bonds is 5. The van der Waals surface area contributed by atoms with Crippen LogP contribution < -0.4 is 0 Å². The number of esters is 1. The predicted molar refractivity (Wildman–Crippen MR) is 106 cm³/mol. The lowest BCUT2D eigenvalue weighted by atomic mass is 9.76. The van der Waals surface area contributed by atoms with E-state index in [0.29, 0.717) is 38.8 Å². The number of phenolic OH excluding ortho intramolecular Hbond substituents is 1. The topological polar surface area (TPSA) is 79.3 Å². The summed E-state index contributed by atoms with van der Waals surface area (Å²) >= 11 is 0. The number of benzene rings is 1. The van der Waals surface area contributed by atoms with E-state index in [9.17, 15) is 14.7 Å². The number of morpholine rings is 1. The molecule has 0 radical (unpaired) electrons. The van der Waals surface area contributed by atoms with Crippen LogP contribution in [0.1, 0.15) is 31.2 Å². The van der Waals surface area contributed by atoms with Crippen molar-refractivity contribution in [2.75, 3.05) is 45.9 Å². The van der Waals surface area contributed by atoms with Gasteiger partial charge in [-0.3, -0.25) is 14.5 Å². The molecule has 4 rings (SSSR count). The highest BCUT2D eigenvalue weighted by atomic mass is 16.6. The molecular weight excluding hydrogens is 372 g/mol. The van der Waals surface area contributed by atoms with E-state index in [1.165, 1.54) is 0 Å². The lowest BCUT2D eigenvalue weighted by Crippen LogP contribution is -2.45. The van der Waals surface area contributed by atoms with E-state index >= 15 is 0 Å². The maximum Gasteiger partial charge on any atom is 0.312 e. The van der Waals surface area contributed by atoms with Crippen LogP contribution in [0.15, 0.2) is 24.3 Å². The first kappa shape index (κ1) is 20.2. The van der Waals surface area contributed by atoms with E-state index in [-0.39, 0.29) is 23.7 Å². The Morgan fingerprint density at radius 1 is 1.10 bits per heavy atom. The number of amides is 1. The number of hydrogen-bond donors (Lipinski definition) is 1. The Labute approximate surface area is 171 Å². The van der Waals surface area contributed by atoms with Gasteiger partial charge in [-0.05, 0) is 37.0 Å². The molecule has 158 valence electrons. The van der Waals surface area contributed by atoms with Gasteiger partial charge >= 0.3 is 5.97 Å². The number of aryl methyl sites for hydroxylation is 1. The van der Waals surface area contributed by atoms with Crippen LogP contribution in [0.2, 0.25) is 0 Å². The standard InChI is InChI=1S/C22H30N2O5/c25-18-4-1-17(2-5-18)3-6-20(26)24-9-7-22(8-10-24)15-19(29-21(22)27)16-23-11-13-28-14-12-23/h1-2,4-5,19,25H,3,6-16H2. The quantitative estimate of drug-likeness (QED) is 0.754. The fourth-order valence-electron chi connectivity index (χ4n) is 4.68. The van der Waals surface area contributed by atoms with E-state index < -0.39 is 5.41 Å². The van der Waals surface area contributed by atoms with Gasteiger partial charge in [-0.1, -0.05) is 12.1 Å². The molecule has 1 aromatic carbocycles. The Morgan fingerprint density at radius 3 is 2.48 bits per heavy atom. The SMILES string of the molecule is O=C(CCc1ccc(O)cc1)N1CCC2(CC1)CC(CN1CCOCC1)OC2=O. The third-order valence-electron chi connectivity index (χ3n) is 6.53. The molecule has 1 atom stereocenters. The van der Waals surface area contributed by atoms with Gasteiger partial charge in [0.25, 0.3) is 0 Å². The summed E-state index contributed by atoms with van der Waals surface area (Å²) in [7, 11) is 0. The monoisotopic (exact) mass is 402 g/mol. The fourth-order valence-corrected chi connectivity index (χ4v) is 4.68.